The quantitative estimate of drug-likeness (QED) is 0.775. The first-order valence-electron chi connectivity index (χ1n) is 7.05. The minimum absolute atomic E-state index is 0.654. The molecule has 0 aromatic heterocycles. The maximum atomic E-state index is 3.67. The van der Waals surface area contributed by atoms with E-state index in [1.54, 1.807) is 0 Å². The monoisotopic (exact) mass is 226 g/mol. The van der Waals surface area contributed by atoms with Crippen molar-refractivity contribution >= 4 is 0 Å². The van der Waals surface area contributed by atoms with E-state index >= 15 is 0 Å². The van der Waals surface area contributed by atoms with Crippen LogP contribution in [0.5, 0.6) is 0 Å². The van der Waals surface area contributed by atoms with Crippen molar-refractivity contribution in [2.75, 3.05) is 13.6 Å². The lowest BCUT2D eigenvalue weighted by atomic mass is 9.80. The summed E-state index contributed by atoms with van der Waals surface area (Å²) in [5.74, 6) is 0.945. The van der Waals surface area contributed by atoms with Crippen LogP contribution in [0.15, 0.2) is 0 Å². The van der Waals surface area contributed by atoms with Crippen LogP contribution in [0.3, 0.4) is 0 Å². The van der Waals surface area contributed by atoms with E-state index in [0.717, 1.165) is 18.5 Å². The molecule has 0 bridgehead atoms. The van der Waals surface area contributed by atoms with Gasteiger partial charge in [0.05, 0.1) is 0 Å². The average Bonchev–Trinajstić information content (AvgIpc) is 2.29. The van der Waals surface area contributed by atoms with Gasteiger partial charge < -0.3 is 5.32 Å². The molecule has 96 valence electrons. The summed E-state index contributed by atoms with van der Waals surface area (Å²) in [6.45, 7) is 10.3. The van der Waals surface area contributed by atoms with Crippen molar-refractivity contribution in [3.63, 3.8) is 0 Å². The Morgan fingerprint density at radius 1 is 1.25 bits per heavy atom. The van der Waals surface area contributed by atoms with Crippen molar-refractivity contribution in [2.45, 2.75) is 71.5 Å². The van der Waals surface area contributed by atoms with E-state index in [0.29, 0.717) is 12.1 Å². The zero-order valence-electron chi connectivity index (χ0n) is 11.8. The lowest BCUT2D eigenvalue weighted by molar-refractivity contribution is 0.0949. The van der Waals surface area contributed by atoms with E-state index in [1.807, 2.05) is 0 Å². The van der Waals surface area contributed by atoms with E-state index in [1.165, 1.54) is 25.7 Å². The average molecular weight is 226 g/mol. The van der Waals surface area contributed by atoms with Crippen molar-refractivity contribution in [3.8, 4) is 0 Å². The third-order valence-electron chi connectivity index (χ3n) is 4.31. The fourth-order valence-electron chi connectivity index (χ4n) is 2.94. The topological polar surface area (TPSA) is 15.3 Å². The Hall–Kier alpha value is -0.0800. The van der Waals surface area contributed by atoms with Crippen LogP contribution >= 0.6 is 0 Å². The Morgan fingerprint density at radius 2 is 1.94 bits per heavy atom. The first-order valence-corrected chi connectivity index (χ1v) is 7.05. The van der Waals surface area contributed by atoms with Gasteiger partial charge in [-0.3, -0.25) is 4.90 Å². The van der Waals surface area contributed by atoms with Gasteiger partial charge in [-0.15, -0.1) is 0 Å². The molecule has 3 unspecified atom stereocenters. The van der Waals surface area contributed by atoms with Gasteiger partial charge in [0, 0.05) is 18.1 Å². The summed E-state index contributed by atoms with van der Waals surface area (Å²) >= 11 is 0. The molecule has 1 aliphatic carbocycles. The second-order valence-electron chi connectivity index (χ2n) is 5.58. The Labute approximate surface area is 102 Å². The number of hydrogen-bond acceptors (Lipinski definition) is 2. The van der Waals surface area contributed by atoms with Crippen molar-refractivity contribution in [1.82, 2.24) is 10.2 Å². The third-order valence-corrected chi connectivity index (χ3v) is 4.31. The van der Waals surface area contributed by atoms with Gasteiger partial charge in [0.25, 0.3) is 0 Å². The van der Waals surface area contributed by atoms with Crippen LogP contribution in [0.2, 0.25) is 0 Å². The number of rotatable bonds is 5. The summed E-state index contributed by atoms with van der Waals surface area (Å²) in [7, 11) is 2.29. The van der Waals surface area contributed by atoms with Gasteiger partial charge in [-0.1, -0.05) is 20.3 Å². The van der Waals surface area contributed by atoms with E-state index in [4.69, 9.17) is 0 Å². The molecule has 2 heteroatoms. The number of nitrogens with one attached hydrogen (secondary N) is 1. The number of nitrogens with zero attached hydrogens (tertiary/aromatic N) is 1. The predicted octanol–water partition coefficient (Wildman–Crippen LogP) is 2.88. The predicted molar refractivity (Wildman–Crippen MR) is 71.8 cm³/mol. The Morgan fingerprint density at radius 3 is 2.44 bits per heavy atom. The first-order chi connectivity index (χ1) is 7.60. The molecule has 1 fully saturated rings. The highest BCUT2D eigenvalue weighted by Gasteiger charge is 2.32. The van der Waals surface area contributed by atoms with Crippen LogP contribution in [0.4, 0.5) is 0 Å². The third kappa shape index (κ3) is 3.46. The highest BCUT2D eigenvalue weighted by atomic mass is 15.2. The minimum atomic E-state index is 0.654. The molecule has 0 amide bonds. The highest BCUT2D eigenvalue weighted by Crippen LogP contribution is 2.30. The molecule has 0 aromatic carbocycles. The van der Waals surface area contributed by atoms with Crippen LogP contribution in [0, 0.1) is 5.92 Å². The molecule has 16 heavy (non-hydrogen) atoms. The van der Waals surface area contributed by atoms with Gasteiger partial charge in [0.2, 0.25) is 0 Å². The van der Waals surface area contributed by atoms with Crippen molar-refractivity contribution in [1.29, 1.82) is 0 Å². The molecule has 1 N–H and O–H groups in total. The van der Waals surface area contributed by atoms with Gasteiger partial charge in [-0.2, -0.15) is 0 Å². The summed E-state index contributed by atoms with van der Waals surface area (Å²) in [6.07, 6.45) is 5.49. The molecule has 2 nitrogen and oxygen atoms in total. The molecule has 1 rings (SSSR count). The zero-order valence-corrected chi connectivity index (χ0v) is 11.8. The largest absolute Gasteiger partial charge is 0.313 e. The molecule has 0 spiro atoms. The van der Waals surface area contributed by atoms with Gasteiger partial charge >= 0.3 is 0 Å². The second kappa shape index (κ2) is 6.61. The number of likely N-dealkylation sites (N-methyl/N-ethyl adjacent to an activating group) is 2. The molecular formula is C14H30N2. The minimum Gasteiger partial charge on any atom is -0.313 e. The summed E-state index contributed by atoms with van der Waals surface area (Å²) in [4.78, 5) is 2.56. The van der Waals surface area contributed by atoms with Crippen LogP contribution in [0.25, 0.3) is 0 Å². The fraction of sp³-hybridized carbons (Fsp3) is 1.00. The van der Waals surface area contributed by atoms with E-state index in [2.05, 4.69) is 45.0 Å². The van der Waals surface area contributed by atoms with Crippen LogP contribution in [-0.4, -0.2) is 36.6 Å². The van der Waals surface area contributed by atoms with E-state index in [-0.39, 0.29) is 0 Å². The van der Waals surface area contributed by atoms with Gasteiger partial charge in [0.15, 0.2) is 0 Å². The van der Waals surface area contributed by atoms with Crippen LogP contribution in [0.1, 0.15) is 53.4 Å². The summed E-state index contributed by atoms with van der Waals surface area (Å²) in [5.41, 5.74) is 0. The second-order valence-corrected chi connectivity index (χ2v) is 5.58. The Kier molecular flexibility index (Phi) is 5.77. The lowest BCUT2D eigenvalue weighted by Gasteiger charge is -2.43. The molecular weight excluding hydrogens is 196 g/mol. The van der Waals surface area contributed by atoms with Crippen molar-refractivity contribution < 1.29 is 0 Å². The zero-order chi connectivity index (χ0) is 12.1. The molecule has 0 radical (unpaired) electrons. The maximum absolute atomic E-state index is 3.67. The number of hydrogen-bond donors (Lipinski definition) is 1. The first kappa shape index (κ1) is 14.0. The molecule has 0 aliphatic heterocycles. The van der Waals surface area contributed by atoms with Crippen molar-refractivity contribution in [2.24, 2.45) is 5.92 Å². The Bertz CT molecular complexity index is 191. The SMILES string of the molecule is CCNC1CCC(CC)CC1N(C)C(C)C. The maximum Gasteiger partial charge on any atom is 0.0251 e. The molecule has 0 aromatic rings. The van der Waals surface area contributed by atoms with Crippen LogP contribution < -0.4 is 5.32 Å². The highest BCUT2D eigenvalue weighted by molar-refractivity contribution is 4.90. The smallest absolute Gasteiger partial charge is 0.0251 e. The molecule has 0 saturated heterocycles. The molecule has 1 aliphatic rings. The summed E-state index contributed by atoms with van der Waals surface area (Å²) < 4.78 is 0. The molecule has 1 saturated carbocycles. The lowest BCUT2D eigenvalue weighted by Crippen LogP contribution is -2.53. The van der Waals surface area contributed by atoms with Gasteiger partial charge in [-0.05, 0) is 52.6 Å². The van der Waals surface area contributed by atoms with E-state index in [9.17, 15) is 0 Å². The molecule has 3 atom stereocenters. The van der Waals surface area contributed by atoms with E-state index < -0.39 is 0 Å². The van der Waals surface area contributed by atoms with Crippen molar-refractivity contribution in [3.05, 3.63) is 0 Å². The van der Waals surface area contributed by atoms with Gasteiger partial charge in [-0.25, -0.2) is 0 Å². The normalized spacial score (nSPS) is 31.3. The fourth-order valence-corrected chi connectivity index (χ4v) is 2.94. The Balaban J connectivity index is 2.63. The summed E-state index contributed by atoms with van der Waals surface area (Å²) in [6, 6.07) is 2.10. The van der Waals surface area contributed by atoms with Gasteiger partial charge in [0.1, 0.15) is 0 Å². The summed E-state index contributed by atoms with van der Waals surface area (Å²) in [5, 5.41) is 3.67. The van der Waals surface area contributed by atoms with Crippen LogP contribution in [-0.2, 0) is 0 Å². The molecule has 0 heterocycles. The standard InChI is InChI=1S/C14H30N2/c1-6-12-8-9-13(15-7-2)14(10-12)16(5)11(3)4/h11-15H,6-10H2,1-5H3.